The van der Waals surface area contributed by atoms with E-state index in [4.69, 9.17) is 0 Å². The number of rotatable bonds is 2. The topological polar surface area (TPSA) is 41.5 Å². The molecule has 1 atom stereocenters. The van der Waals surface area contributed by atoms with Crippen LogP contribution in [0.25, 0.3) is 0 Å². The summed E-state index contributed by atoms with van der Waals surface area (Å²) in [7, 11) is 0. The fourth-order valence-corrected chi connectivity index (χ4v) is 2.95. The molecule has 2 fully saturated rings. The van der Waals surface area contributed by atoms with Crippen LogP contribution in [-0.2, 0) is 4.79 Å². The van der Waals surface area contributed by atoms with Crippen molar-refractivity contribution in [2.75, 3.05) is 0 Å². The Morgan fingerprint density at radius 2 is 1.94 bits per heavy atom. The summed E-state index contributed by atoms with van der Waals surface area (Å²) in [5.41, 5.74) is 3.98. The summed E-state index contributed by atoms with van der Waals surface area (Å²) in [5.74, 6) is 1.10. The third-order valence-electron chi connectivity index (χ3n) is 4.05. The van der Waals surface area contributed by atoms with Crippen molar-refractivity contribution in [3.05, 3.63) is 0 Å². The first-order valence-corrected chi connectivity index (χ1v) is 7.11. The van der Waals surface area contributed by atoms with Gasteiger partial charge in [-0.3, -0.25) is 4.79 Å². The minimum absolute atomic E-state index is 0.149. The van der Waals surface area contributed by atoms with Crippen LogP contribution in [0.3, 0.4) is 0 Å². The second kappa shape index (κ2) is 6.18. The van der Waals surface area contributed by atoms with Crippen molar-refractivity contribution >= 4 is 11.6 Å². The van der Waals surface area contributed by atoms with Crippen molar-refractivity contribution in [3.8, 4) is 0 Å². The Morgan fingerprint density at radius 3 is 2.65 bits per heavy atom. The van der Waals surface area contributed by atoms with E-state index in [1.165, 1.54) is 37.8 Å². The van der Waals surface area contributed by atoms with Crippen LogP contribution < -0.4 is 5.43 Å². The average molecular weight is 236 g/mol. The molecule has 3 nitrogen and oxygen atoms in total. The zero-order chi connectivity index (χ0) is 12.1. The van der Waals surface area contributed by atoms with E-state index in [0.29, 0.717) is 0 Å². The number of nitrogens with zero attached hydrogens (tertiary/aromatic N) is 1. The number of hydrogen-bond acceptors (Lipinski definition) is 2. The molecule has 3 heteroatoms. The Morgan fingerprint density at radius 1 is 1.18 bits per heavy atom. The number of amides is 1. The van der Waals surface area contributed by atoms with Crippen molar-refractivity contribution < 1.29 is 4.79 Å². The number of nitrogens with one attached hydrogen (secondary N) is 1. The van der Waals surface area contributed by atoms with Gasteiger partial charge in [-0.15, -0.1) is 0 Å². The van der Waals surface area contributed by atoms with E-state index in [1.54, 1.807) is 0 Å². The molecule has 0 saturated heterocycles. The summed E-state index contributed by atoms with van der Waals surface area (Å²) in [6, 6.07) is 0. The first-order valence-electron chi connectivity index (χ1n) is 7.11. The lowest BCUT2D eigenvalue weighted by molar-refractivity contribution is -0.125. The Kier molecular flexibility index (Phi) is 4.57. The smallest absolute Gasteiger partial charge is 0.243 e. The largest absolute Gasteiger partial charge is 0.273 e. The molecule has 2 aliphatic carbocycles. The molecule has 0 aliphatic heterocycles. The summed E-state index contributed by atoms with van der Waals surface area (Å²) < 4.78 is 0. The highest BCUT2D eigenvalue weighted by Gasteiger charge is 2.21. The van der Waals surface area contributed by atoms with Crippen LogP contribution in [0.4, 0.5) is 0 Å². The van der Waals surface area contributed by atoms with E-state index in [9.17, 15) is 4.79 Å². The molecule has 0 aromatic heterocycles. The summed E-state index contributed by atoms with van der Waals surface area (Å²) in [4.78, 5) is 11.9. The second-order valence-electron chi connectivity index (χ2n) is 5.69. The molecule has 1 amide bonds. The first-order chi connectivity index (χ1) is 8.25. The molecule has 0 heterocycles. The van der Waals surface area contributed by atoms with Crippen LogP contribution in [0, 0.1) is 11.8 Å². The highest BCUT2D eigenvalue weighted by Crippen LogP contribution is 2.24. The zero-order valence-electron chi connectivity index (χ0n) is 10.9. The fourth-order valence-electron chi connectivity index (χ4n) is 2.95. The molecule has 2 rings (SSSR count). The van der Waals surface area contributed by atoms with Crippen molar-refractivity contribution in [2.45, 2.75) is 64.7 Å². The monoisotopic (exact) mass is 236 g/mol. The molecule has 1 unspecified atom stereocenters. The average Bonchev–Trinajstić information content (AvgIpc) is 2.37. The molecule has 96 valence electrons. The first kappa shape index (κ1) is 12.6. The molecule has 1 N–H and O–H groups in total. The van der Waals surface area contributed by atoms with Gasteiger partial charge in [-0.25, -0.2) is 5.43 Å². The van der Waals surface area contributed by atoms with E-state index in [-0.39, 0.29) is 11.8 Å². The lowest BCUT2D eigenvalue weighted by Gasteiger charge is -2.21. The Balaban J connectivity index is 1.79. The molecule has 2 saturated carbocycles. The number of carbonyl (C=O) groups is 1. The molecule has 0 spiro atoms. The Hall–Kier alpha value is -0.860. The lowest BCUT2D eigenvalue weighted by atomic mass is 9.89. The van der Waals surface area contributed by atoms with Crippen LogP contribution in [0.1, 0.15) is 64.7 Å². The van der Waals surface area contributed by atoms with E-state index in [2.05, 4.69) is 17.5 Å². The highest BCUT2D eigenvalue weighted by molar-refractivity contribution is 5.87. The van der Waals surface area contributed by atoms with Gasteiger partial charge >= 0.3 is 0 Å². The highest BCUT2D eigenvalue weighted by atomic mass is 16.2. The minimum atomic E-state index is 0.149. The minimum Gasteiger partial charge on any atom is -0.273 e. The van der Waals surface area contributed by atoms with Crippen molar-refractivity contribution in [3.63, 3.8) is 0 Å². The number of hydrogen-bond donors (Lipinski definition) is 1. The van der Waals surface area contributed by atoms with E-state index < -0.39 is 0 Å². The summed E-state index contributed by atoms with van der Waals surface area (Å²) >= 11 is 0. The number of hydrazone groups is 1. The third kappa shape index (κ3) is 3.83. The third-order valence-corrected chi connectivity index (χ3v) is 4.05. The van der Waals surface area contributed by atoms with Gasteiger partial charge in [-0.2, -0.15) is 5.10 Å². The van der Waals surface area contributed by atoms with Crippen molar-refractivity contribution in [1.29, 1.82) is 0 Å². The maximum Gasteiger partial charge on any atom is 0.243 e. The van der Waals surface area contributed by atoms with E-state index in [1.807, 2.05) is 0 Å². The normalized spacial score (nSPS) is 29.2. The van der Waals surface area contributed by atoms with Gasteiger partial charge < -0.3 is 0 Å². The van der Waals surface area contributed by atoms with Gasteiger partial charge in [0.1, 0.15) is 0 Å². The van der Waals surface area contributed by atoms with Crippen LogP contribution >= 0.6 is 0 Å². The quantitative estimate of drug-likeness (QED) is 0.735. The standard InChI is InChI=1S/C14H24N2O/c1-11-6-5-9-13(10-11)15-16-14(17)12-7-3-2-4-8-12/h11-12H,2-10H2,1H3,(H,16,17). The Labute approximate surface area is 104 Å². The van der Waals surface area contributed by atoms with Gasteiger partial charge in [-0.1, -0.05) is 26.2 Å². The van der Waals surface area contributed by atoms with Crippen LogP contribution in [0.2, 0.25) is 0 Å². The van der Waals surface area contributed by atoms with Crippen molar-refractivity contribution in [2.24, 2.45) is 16.9 Å². The predicted octanol–water partition coefficient (Wildman–Crippen LogP) is 3.25. The molecule has 0 aromatic rings. The van der Waals surface area contributed by atoms with Crippen LogP contribution in [0.5, 0.6) is 0 Å². The van der Waals surface area contributed by atoms with Crippen LogP contribution in [-0.4, -0.2) is 11.6 Å². The van der Waals surface area contributed by atoms with Crippen LogP contribution in [0.15, 0.2) is 5.10 Å². The van der Waals surface area contributed by atoms with E-state index in [0.717, 1.165) is 31.6 Å². The molecule has 2 aliphatic rings. The van der Waals surface area contributed by atoms with Gasteiger partial charge in [0, 0.05) is 11.6 Å². The SMILES string of the molecule is CC1CCCC(=NNC(=O)C2CCCCC2)C1. The fraction of sp³-hybridized carbons (Fsp3) is 0.857. The number of carbonyl (C=O) groups excluding carboxylic acids is 1. The molecule has 0 bridgehead atoms. The van der Waals surface area contributed by atoms with Gasteiger partial charge in [0.25, 0.3) is 0 Å². The predicted molar refractivity (Wildman–Crippen MR) is 69.8 cm³/mol. The maximum absolute atomic E-state index is 11.9. The van der Waals surface area contributed by atoms with Gasteiger partial charge in [-0.05, 0) is 44.4 Å². The second-order valence-corrected chi connectivity index (χ2v) is 5.69. The van der Waals surface area contributed by atoms with Gasteiger partial charge in [0.05, 0.1) is 0 Å². The van der Waals surface area contributed by atoms with Gasteiger partial charge in [0.15, 0.2) is 0 Å². The Bertz CT molecular complexity index is 293. The lowest BCUT2D eigenvalue weighted by Crippen LogP contribution is -2.29. The molecular formula is C14H24N2O. The zero-order valence-corrected chi connectivity index (χ0v) is 10.9. The summed E-state index contributed by atoms with van der Waals surface area (Å²) in [6.07, 6.45) is 10.4. The maximum atomic E-state index is 11.9. The van der Waals surface area contributed by atoms with Gasteiger partial charge in [0.2, 0.25) is 5.91 Å². The molecular weight excluding hydrogens is 212 g/mol. The summed E-state index contributed by atoms with van der Waals surface area (Å²) in [6.45, 7) is 2.26. The molecule has 0 aromatic carbocycles. The summed E-state index contributed by atoms with van der Waals surface area (Å²) in [5, 5.41) is 4.33. The van der Waals surface area contributed by atoms with Crippen molar-refractivity contribution in [1.82, 2.24) is 5.43 Å². The molecule has 0 radical (unpaired) electrons. The molecule has 17 heavy (non-hydrogen) atoms. The van der Waals surface area contributed by atoms with E-state index >= 15 is 0 Å².